The molecule has 10 rings (SSSR count). The lowest BCUT2D eigenvalue weighted by Crippen LogP contribution is -2.44. The molecule has 0 amide bonds. The summed E-state index contributed by atoms with van der Waals surface area (Å²) in [7, 11) is 1.74. The number of anilines is 1. The Bertz CT molecular complexity index is 2590. The molecular formula is C56H59NO2. The zero-order valence-corrected chi connectivity index (χ0v) is 36.3. The molecule has 300 valence electrons. The minimum absolute atomic E-state index is 0.151. The minimum Gasteiger partial charge on any atom is -0.497 e. The lowest BCUT2D eigenvalue weighted by Gasteiger charge is -2.52. The Labute approximate surface area is 352 Å². The van der Waals surface area contributed by atoms with Gasteiger partial charge in [-0.05, 0) is 157 Å². The van der Waals surface area contributed by atoms with Crippen molar-refractivity contribution in [2.45, 2.75) is 110 Å². The molecule has 2 heterocycles. The highest BCUT2D eigenvalue weighted by molar-refractivity contribution is 6.10. The minimum atomic E-state index is -0.867. The van der Waals surface area contributed by atoms with E-state index in [4.69, 9.17) is 9.47 Å². The topological polar surface area (TPSA) is 21.7 Å². The molecule has 1 saturated heterocycles. The number of aryl methyl sites for hydroxylation is 1. The summed E-state index contributed by atoms with van der Waals surface area (Å²) in [6.07, 6.45) is 12.0. The first-order chi connectivity index (χ1) is 28.3. The molecule has 3 atom stereocenters. The monoisotopic (exact) mass is 777 g/mol. The van der Waals surface area contributed by atoms with Crippen LogP contribution < -0.4 is 14.4 Å². The second-order valence-corrected chi connectivity index (χ2v) is 20.0. The van der Waals surface area contributed by atoms with Crippen molar-refractivity contribution in [3.63, 3.8) is 0 Å². The first kappa shape index (κ1) is 38.0. The van der Waals surface area contributed by atoms with Gasteiger partial charge in [-0.3, -0.25) is 0 Å². The van der Waals surface area contributed by atoms with E-state index in [0.29, 0.717) is 12.1 Å². The zero-order chi connectivity index (χ0) is 40.9. The van der Waals surface area contributed by atoms with Gasteiger partial charge < -0.3 is 14.4 Å². The van der Waals surface area contributed by atoms with Gasteiger partial charge in [0.25, 0.3) is 0 Å². The molecular weight excluding hydrogens is 719 g/mol. The van der Waals surface area contributed by atoms with E-state index in [1.807, 2.05) is 0 Å². The second kappa shape index (κ2) is 13.6. The average molecular weight is 778 g/mol. The standard InChI is InChI=1S/C56H59NO2/c1-36-31-48-47(32-46(36)39-17-10-9-11-18-39)50-44-19-12-13-20-49(44)55(34-53(4,5)33-54(6,7)35-55)51(50)45-29-30-56(59-52(45)48,41-23-27-43(58-8)28-24-41)40-21-25-42(26-22-40)57-37(2)15-14-16-38(57)3/h9-13,17-32,37-38H,14-16,33-35H2,1-8H3/t37-,38+,56?. The van der Waals surface area contributed by atoms with Gasteiger partial charge in [0.05, 0.1) is 7.11 Å². The van der Waals surface area contributed by atoms with Crippen molar-refractivity contribution >= 4 is 22.5 Å². The van der Waals surface area contributed by atoms with Crippen molar-refractivity contribution < 1.29 is 9.47 Å². The van der Waals surface area contributed by atoms with E-state index in [9.17, 15) is 0 Å². The van der Waals surface area contributed by atoms with Crippen LogP contribution in [0.25, 0.3) is 39.1 Å². The Balaban J connectivity index is 1.26. The fourth-order valence-electron chi connectivity index (χ4n) is 12.9. The van der Waals surface area contributed by atoms with E-state index < -0.39 is 5.60 Å². The summed E-state index contributed by atoms with van der Waals surface area (Å²) in [4.78, 5) is 2.62. The largest absolute Gasteiger partial charge is 0.497 e. The molecule has 0 radical (unpaired) electrons. The molecule has 2 aliphatic heterocycles. The SMILES string of the molecule is COc1ccc(C2(c3ccc(N4[C@H](C)CCC[C@@H]4C)cc3)C=Cc3c4c(c5cc(-c6ccccc6)c(C)cc5c3O2)-c2ccccc2C42CC(C)(C)CC(C)(C)C2)cc1. The molecule has 1 saturated carbocycles. The van der Waals surface area contributed by atoms with Gasteiger partial charge in [-0.15, -0.1) is 0 Å². The molecule has 3 nitrogen and oxygen atoms in total. The maximum atomic E-state index is 7.93. The number of methoxy groups -OCH3 is 1. The Morgan fingerprint density at radius 2 is 1.31 bits per heavy atom. The van der Waals surface area contributed by atoms with Crippen molar-refractivity contribution in [2.75, 3.05) is 12.0 Å². The molecule has 1 spiro atoms. The van der Waals surface area contributed by atoms with Crippen LogP contribution in [-0.2, 0) is 11.0 Å². The van der Waals surface area contributed by atoms with Gasteiger partial charge in [-0.1, -0.05) is 113 Å². The first-order valence-corrected chi connectivity index (χ1v) is 22.0. The maximum Gasteiger partial charge on any atom is 0.178 e. The molecule has 0 aromatic heterocycles. The van der Waals surface area contributed by atoms with E-state index in [0.717, 1.165) is 35.5 Å². The first-order valence-electron chi connectivity index (χ1n) is 22.0. The lowest BCUT2D eigenvalue weighted by atomic mass is 9.52. The van der Waals surface area contributed by atoms with E-state index in [2.05, 4.69) is 181 Å². The molecule has 59 heavy (non-hydrogen) atoms. The molecule has 6 aromatic carbocycles. The molecule has 2 aliphatic carbocycles. The number of hydrogen-bond acceptors (Lipinski definition) is 3. The number of piperidine rings is 1. The Morgan fingerprint density at radius 1 is 0.678 bits per heavy atom. The van der Waals surface area contributed by atoms with E-state index >= 15 is 0 Å². The fourth-order valence-corrected chi connectivity index (χ4v) is 12.9. The van der Waals surface area contributed by atoms with E-state index in [1.54, 1.807) is 7.11 Å². The van der Waals surface area contributed by atoms with Gasteiger partial charge >= 0.3 is 0 Å². The highest BCUT2D eigenvalue weighted by atomic mass is 16.5. The summed E-state index contributed by atoms with van der Waals surface area (Å²) in [6.45, 7) is 17.0. The zero-order valence-electron chi connectivity index (χ0n) is 36.3. The molecule has 0 N–H and O–H groups in total. The quantitative estimate of drug-likeness (QED) is 0.174. The van der Waals surface area contributed by atoms with E-state index in [-0.39, 0.29) is 16.2 Å². The van der Waals surface area contributed by atoms with Crippen LogP contribution in [0.2, 0.25) is 0 Å². The third-order valence-electron chi connectivity index (χ3n) is 14.5. The summed E-state index contributed by atoms with van der Waals surface area (Å²) in [5, 5.41) is 2.45. The van der Waals surface area contributed by atoms with Crippen LogP contribution in [0.5, 0.6) is 11.5 Å². The molecule has 0 bridgehead atoms. The molecule has 6 aromatic rings. The molecule has 4 aliphatic rings. The van der Waals surface area contributed by atoms with Gasteiger partial charge in [0.1, 0.15) is 11.5 Å². The van der Waals surface area contributed by atoms with Crippen molar-refractivity contribution in [1.82, 2.24) is 0 Å². The van der Waals surface area contributed by atoms with Gasteiger partial charge in [-0.2, -0.15) is 0 Å². The van der Waals surface area contributed by atoms with Gasteiger partial charge in [0.2, 0.25) is 0 Å². The summed E-state index contributed by atoms with van der Waals surface area (Å²) in [5.74, 6) is 1.82. The predicted octanol–water partition coefficient (Wildman–Crippen LogP) is 14.4. The highest BCUT2D eigenvalue weighted by Crippen LogP contribution is 2.67. The predicted molar refractivity (Wildman–Crippen MR) is 247 cm³/mol. The Hall–Kier alpha value is -5.28. The molecule has 2 fully saturated rings. The summed E-state index contributed by atoms with van der Waals surface area (Å²) in [5.41, 5.74) is 13.4. The Morgan fingerprint density at radius 3 is 1.97 bits per heavy atom. The van der Waals surface area contributed by atoms with Crippen LogP contribution in [0.15, 0.2) is 121 Å². The number of hydrogen-bond donors (Lipinski definition) is 0. The summed E-state index contributed by atoms with van der Waals surface area (Å²) in [6, 6.07) is 44.0. The fraction of sp³-hybridized carbons (Fsp3) is 0.357. The van der Waals surface area contributed by atoms with Crippen molar-refractivity contribution in [3.8, 4) is 33.8 Å². The summed E-state index contributed by atoms with van der Waals surface area (Å²) >= 11 is 0. The number of rotatable bonds is 5. The number of fused-ring (bicyclic) bond motifs is 10. The average Bonchev–Trinajstić information content (AvgIpc) is 3.48. The van der Waals surface area contributed by atoms with Crippen LogP contribution in [0.3, 0.4) is 0 Å². The lowest BCUT2D eigenvalue weighted by molar-refractivity contribution is 0.0642. The maximum absolute atomic E-state index is 7.93. The number of ether oxygens (including phenoxy) is 2. The smallest absolute Gasteiger partial charge is 0.178 e. The third kappa shape index (κ3) is 5.97. The normalized spacial score (nSPS) is 23.4. The van der Waals surface area contributed by atoms with Crippen LogP contribution in [-0.4, -0.2) is 19.2 Å². The summed E-state index contributed by atoms with van der Waals surface area (Å²) < 4.78 is 13.6. The number of nitrogens with zero attached hydrogens (tertiary/aromatic N) is 1. The highest BCUT2D eigenvalue weighted by Gasteiger charge is 2.55. The van der Waals surface area contributed by atoms with Gasteiger partial charge in [-0.25, -0.2) is 0 Å². The van der Waals surface area contributed by atoms with Gasteiger partial charge in [0, 0.05) is 45.3 Å². The van der Waals surface area contributed by atoms with Crippen LogP contribution in [0.1, 0.15) is 113 Å². The van der Waals surface area contributed by atoms with E-state index in [1.165, 1.54) is 86.7 Å². The van der Waals surface area contributed by atoms with Crippen molar-refractivity contribution in [2.24, 2.45) is 10.8 Å². The molecule has 3 heteroatoms. The number of benzene rings is 6. The van der Waals surface area contributed by atoms with Crippen molar-refractivity contribution in [3.05, 3.63) is 155 Å². The Kier molecular flexibility index (Phi) is 8.77. The second-order valence-electron chi connectivity index (χ2n) is 20.0. The molecule has 1 unspecified atom stereocenters. The van der Waals surface area contributed by atoms with Crippen molar-refractivity contribution in [1.29, 1.82) is 0 Å². The third-order valence-corrected chi connectivity index (χ3v) is 14.5. The van der Waals surface area contributed by atoms with Crippen LogP contribution >= 0.6 is 0 Å². The van der Waals surface area contributed by atoms with Crippen LogP contribution in [0, 0.1) is 17.8 Å². The van der Waals surface area contributed by atoms with Gasteiger partial charge in [0.15, 0.2) is 5.60 Å². The van der Waals surface area contributed by atoms with Crippen LogP contribution in [0.4, 0.5) is 5.69 Å².